The monoisotopic (exact) mass is 329 g/mol. The Kier molecular flexibility index (Phi) is 6.75. The van der Waals surface area contributed by atoms with Crippen LogP contribution in [0.2, 0.25) is 0 Å². The summed E-state index contributed by atoms with van der Waals surface area (Å²) < 4.78 is 44.6. The lowest BCUT2D eigenvalue weighted by Gasteiger charge is -2.32. The van der Waals surface area contributed by atoms with Crippen molar-refractivity contribution in [2.24, 2.45) is 0 Å². The highest BCUT2D eigenvalue weighted by atomic mass is 19.4. The van der Waals surface area contributed by atoms with Crippen molar-refractivity contribution < 1.29 is 17.9 Å². The van der Waals surface area contributed by atoms with Crippen molar-refractivity contribution in [2.75, 3.05) is 19.6 Å². The molecule has 1 saturated heterocycles. The number of unbranched alkanes of at least 4 members (excludes halogenated alkanes) is 3. The lowest BCUT2D eigenvalue weighted by Crippen LogP contribution is -2.38. The second-order valence-electron chi connectivity index (χ2n) is 6.21. The van der Waals surface area contributed by atoms with Gasteiger partial charge in [0.05, 0.1) is 5.56 Å². The van der Waals surface area contributed by atoms with E-state index in [0.717, 1.165) is 38.5 Å². The summed E-state index contributed by atoms with van der Waals surface area (Å²) in [6, 6.07) is 5.49. The second kappa shape index (κ2) is 8.57. The molecule has 1 aliphatic heterocycles. The van der Waals surface area contributed by atoms with Gasteiger partial charge in [-0.25, -0.2) is 0 Å². The van der Waals surface area contributed by atoms with Crippen LogP contribution in [0.4, 0.5) is 13.2 Å². The van der Waals surface area contributed by atoms with Crippen LogP contribution in [0.25, 0.3) is 0 Å². The summed E-state index contributed by atoms with van der Waals surface area (Å²) in [4.78, 5) is 2.39. The quantitative estimate of drug-likeness (QED) is 0.643. The first kappa shape index (κ1) is 18.1. The van der Waals surface area contributed by atoms with E-state index in [1.165, 1.54) is 37.8 Å². The van der Waals surface area contributed by atoms with E-state index < -0.39 is 11.7 Å². The third-order valence-electron chi connectivity index (χ3n) is 4.35. The molecule has 130 valence electrons. The molecule has 0 N–H and O–H groups in total. The standard InChI is InChI=1S/C18H26F3NO/c1-2-3-4-7-12-22-13-10-15(11-14-22)23-17-9-6-5-8-16(17)18(19,20)21/h5-6,8-9,15H,2-4,7,10-14H2,1H3. The number of hydrogen-bond donors (Lipinski definition) is 0. The number of hydrogen-bond acceptors (Lipinski definition) is 2. The maximum absolute atomic E-state index is 13.0. The van der Waals surface area contributed by atoms with Crippen molar-refractivity contribution >= 4 is 0 Å². The first-order valence-electron chi connectivity index (χ1n) is 8.56. The molecule has 23 heavy (non-hydrogen) atoms. The minimum absolute atomic E-state index is 0.0404. The molecular weight excluding hydrogens is 303 g/mol. The molecule has 0 saturated carbocycles. The van der Waals surface area contributed by atoms with Crippen LogP contribution < -0.4 is 4.74 Å². The number of piperidine rings is 1. The number of alkyl halides is 3. The summed E-state index contributed by atoms with van der Waals surface area (Å²) in [5.74, 6) is -0.0404. The van der Waals surface area contributed by atoms with Gasteiger partial charge in [-0.2, -0.15) is 13.2 Å². The predicted molar refractivity (Wildman–Crippen MR) is 85.7 cm³/mol. The van der Waals surface area contributed by atoms with Gasteiger partial charge < -0.3 is 9.64 Å². The fourth-order valence-electron chi connectivity index (χ4n) is 3.00. The lowest BCUT2D eigenvalue weighted by atomic mass is 10.1. The summed E-state index contributed by atoms with van der Waals surface area (Å²) in [5, 5.41) is 0. The number of likely N-dealkylation sites (tertiary alicyclic amines) is 1. The predicted octanol–water partition coefficient (Wildman–Crippen LogP) is 5.13. The number of nitrogens with zero attached hydrogens (tertiary/aromatic N) is 1. The fraction of sp³-hybridized carbons (Fsp3) is 0.667. The van der Waals surface area contributed by atoms with Gasteiger partial charge in [0, 0.05) is 13.1 Å². The minimum Gasteiger partial charge on any atom is -0.490 e. The smallest absolute Gasteiger partial charge is 0.419 e. The van der Waals surface area contributed by atoms with E-state index in [2.05, 4.69) is 11.8 Å². The van der Waals surface area contributed by atoms with Gasteiger partial charge >= 0.3 is 6.18 Å². The molecule has 0 amide bonds. The molecule has 0 aromatic heterocycles. The molecule has 0 aliphatic carbocycles. The lowest BCUT2D eigenvalue weighted by molar-refractivity contribution is -0.139. The molecule has 2 nitrogen and oxygen atoms in total. The highest BCUT2D eigenvalue weighted by molar-refractivity contribution is 5.35. The summed E-state index contributed by atoms with van der Waals surface area (Å²) in [5.41, 5.74) is -0.679. The Morgan fingerprint density at radius 1 is 1.09 bits per heavy atom. The molecule has 0 unspecified atom stereocenters. The third kappa shape index (κ3) is 5.72. The van der Waals surface area contributed by atoms with Crippen molar-refractivity contribution in [3.8, 4) is 5.75 Å². The van der Waals surface area contributed by atoms with E-state index in [4.69, 9.17) is 4.74 Å². The SMILES string of the molecule is CCCCCCN1CCC(Oc2ccccc2C(F)(F)F)CC1. The van der Waals surface area contributed by atoms with Crippen molar-refractivity contribution in [1.82, 2.24) is 4.90 Å². The zero-order chi connectivity index (χ0) is 16.7. The van der Waals surface area contributed by atoms with Crippen LogP contribution in [-0.2, 0) is 6.18 Å². The van der Waals surface area contributed by atoms with Crippen LogP contribution in [0.15, 0.2) is 24.3 Å². The number of para-hydroxylation sites is 1. The van der Waals surface area contributed by atoms with E-state index in [9.17, 15) is 13.2 Å². The fourth-order valence-corrected chi connectivity index (χ4v) is 3.00. The van der Waals surface area contributed by atoms with Gasteiger partial charge in [-0.1, -0.05) is 38.3 Å². The molecule has 0 radical (unpaired) electrons. The van der Waals surface area contributed by atoms with Crippen molar-refractivity contribution in [1.29, 1.82) is 0 Å². The molecule has 1 aromatic carbocycles. The van der Waals surface area contributed by atoms with Gasteiger partial charge in [0.15, 0.2) is 0 Å². The number of halogens is 3. The van der Waals surface area contributed by atoms with Crippen LogP contribution in [-0.4, -0.2) is 30.6 Å². The minimum atomic E-state index is -4.36. The largest absolute Gasteiger partial charge is 0.490 e. The number of ether oxygens (including phenoxy) is 1. The van der Waals surface area contributed by atoms with Crippen LogP contribution in [0, 0.1) is 0 Å². The summed E-state index contributed by atoms with van der Waals surface area (Å²) >= 11 is 0. The first-order chi connectivity index (χ1) is 11.0. The Balaban J connectivity index is 1.81. The van der Waals surface area contributed by atoms with Crippen LogP contribution >= 0.6 is 0 Å². The highest BCUT2D eigenvalue weighted by Gasteiger charge is 2.34. The van der Waals surface area contributed by atoms with Gasteiger partial charge in [-0.3, -0.25) is 0 Å². The van der Waals surface area contributed by atoms with Gasteiger partial charge in [-0.05, 0) is 37.9 Å². The Hall–Kier alpha value is -1.23. The molecule has 2 rings (SSSR count). The molecule has 5 heteroatoms. The van der Waals surface area contributed by atoms with Crippen molar-refractivity contribution in [3.05, 3.63) is 29.8 Å². The number of rotatable bonds is 7. The van der Waals surface area contributed by atoms with E-state index in [-0.39, 0.29) is 11.9 Å². The highest BCUT2D eigenvalue weighted by Crippen LogP contribution is 2.36. The Labute approximate surface area is 136 Å². The molecule has 1 aromatic rings. The molecule has 0 atom stereocenters. The summed E-state index contributed by atoms with van der Waals surface area (Å²) in [6.07, 6.45) is 2.06. The maximum Gasteiger partial charge on any atom is 0.419 e. The number of benzene rings is 1. The zero-order valence-electron chi connectivity index (χ0n) is 13.7. The van der Waals surface area contributed by atoms with E-state index >= 15 is 0 Å². The van der Waals surface area contributed by atoms with Crippen LogP contribution in [0.5, 0.6) is 5.75 Å². The molecule has 0 spiro atoms. The summed E-state index contributed by atoms with van der Waals surface area (Å²) in [6.45, 7) is 5.10. The van der Waals surface area contributed by atoms with E-state index in [1.807, 2.05) is 0 Å². The second-order valence-corrected chi connectivity index (χ2v) is 6.21. The zero-order valence-corrected chi connectivity index (χ0v) is 13.7. The van der Waals surface area contributed by atoms with Gasteiger partial charge in [0.1, 0.15) is 11.9 Å². The molecule has 0 bridgehead atoms. The average Bonchev–Trinajstić information content (AvgIpc) is 2.53. The Bertz CT molecular complexity index is 468. The van der Waals surface area contributed by atoms with Crippen molar-refractivity contribution in [3.63, 3.8) is 0 Å². The first-order valence-corrected chi connectivity index (χ1v) is 8.56. The van der Waals surface area contributed by atoms with Gasteiger partial charge in [0.2, 0.25) is 0 Å². The topological polar surface area (TPSA) is 12.5 Å². The third-order valence-corrected chi connectivity index (χ3v) is 4.35. The molecule has 1 aliphatic rings. The van der Waals surface area contributed by atoms with Gasteiger partial charge in [0.25, 0.3) is 0 Å². The Morgan fingerprint density at radius 3 is 2.43 bits per heavy atom. The van der Waals surface area contributed by atoms with Crippen molar-refractivity contribution in [2.45, 2.75) is 57.7 Å². The normalized spacial score (nSPS) is 17.4. The average molecular weight is 329 g/mol. The van der Waals surface area contributed by atoms with Gasteiger partial charge in [-0.15, -0.1) is 0 Å². The molecular formula is C18H26F3NO. The van der Waals surface area contributed by atoms with Crippen LogP contribution in [0.1, 0.15) is 51.0 Å². The maximum atomic E-state index is 13.0. The van der Waals surface area contributed by atoms with Crippen LogP contribution in [0.3, 0.4) is 0 Å². The Morgan fingerprint density at radius 2 is 1.78 bits per heavy atom. The summed E-state index contributed by atoms with van der Waals surface area (Å²) in [7, 11) is 0. The molecule has 1 heterocycles. The van der Waals surface area contributed by atoms with E-state index in [0.29, 0.717) is 0 Å². The van der Waals surface area contributed by atoms with E-state index in [1.54, 1.807) is 6.07 Å². The molecule has 1 fully saturated rings.